The van der Waals surface area contributed by atoms with Crippen molar-refractivity contribution >= 4 is 28.1 Å². The summed E-state index contributed by atoms with van der Waals surface area (Å²) in [5.74, 6) is 43.3. The molecule has 0 aliphatic heterocycles. The molecule has 8 aromatic rings. The molecule has 0 radical (unpaired) electrons. The average Bonchev–Trinajstić information content (AvgIpc) is 3.56. The average molecular weight is 1060 g/mol. The Bertz CT molecular complexity index is 3680. The monoisotopic (exact) mass is 1050 g/mol. The van der Waals surface area contributed by atoms with Crippen molar-refractivity contribution in [2.24, 2.45) is 0 Å². The molecule has 1 aliphatic rings. The summed E-state index contributed by atoms with van der Waals surface area (Å²) < 4.78 is 0. The molecular weight excluding hydrogens is 989 g/mol. The van der Waals surface area contributed by atoms with Gasteiger partial charge in [-0.3, -0.25) is 0 Å². The maximum absolute atomic E-state index is 3.68. The lowest BCUT2D eigenvalue weighted by Crippen LogP contribution is -2.36. The second kappa shape index (κ2) is 27.5. The van der Waals surface area contributed by atoms with Crippen LogP contribution in [0.4, 0.5) is 11.4 Å². The van der Waals surface area contributed by atoms with Crippen molar-refractivity contribution in [2.45, 2.75) is 79.6 Å². The molecule has 0 saturated carbocycles. The van der Waals surface area contributed by atoms with Crippen molar-refractivity contribution in [1.29, 1.82) is 0 Å². The molecule has 0 fully saturated rings. The van der Waals surface area contributed by atoms with Crippen LogP contribution in [0.25, 0.3) is 16.7 Å². The fourth-order valence-electron chi connectivity index (χ4n) is 10.4. The van der Waals surface area contributed by atoms with Gasteiger partial charge in [-0.2, -0.15) is 0 Å². The number of rotatable bonds is 12. The molecular formula is C80H66N2. The van der Waals surface area contributed by atoms with Crippen LogP contribution >= 0.6 is 0 Å². The van der Waals surface area contributed by atoms with Gasteiger partial charge < -0.3 is 9.80 Å². The van der Waals surface area contributed by atoms with Crippen LogP contribution in [0, 0.1) is 71.0 Å². The van der Waals surface area contributed by atoms with E-state index in [1.54, 1.807) is 0 Å². The van der Waals surface area contributed by atoms with Gasteiger partial charge in [0.2, 0.25) is 0 Å². The largest absolute Gasteiger partial charge is 0.367 e. The van der Waals surface area contributed by atoms with Crippen molar-refractivity contribution in [2.75, 3.05) is 9.80 Å². The van der Waals surface area contributed by atoms with E-state index in [0.29, 0.717) is 52.0 Å². The first-order valence-corrected chi connectivity index (χ1v) is 28.2. The zero-order chi connectivity index (χ0) is 57.2. The number of hydrogen-bond donors (Lipinski definition) is 0. The Morgan fingerprint density at radius 2 is 0.476 bits per heavy atom. The number of hydrogen-bond acceptors (Lipinski definition) is 2. The minimum atomic E-state index is 0.327. The number of anilines is 2. The Morgan fingerprint density at radius 3 is 0.683 bits per heavy atom. The van der Waals surface area contributed by atoms with E-state index in [-0.39, 0.29) is 0 Å². The Balaban J connectivity index is 1.41. The van der Waals surface area contributed by atoms with Crippen LogP contribution in [0.2, 0.25) is 0 Å². The van der Waals surface area contributed by atoms with Crippen LogP contribution in [-0.2, 0) is 0 Å². The molecule has 82 heavy (non-hydrogen) atoms. The normalized spacial score (nSPS) is 11.6. The Labute approximate surface area is 488 Å². The van der Waals surface area contributed by atoms with Gasteiger partial charge in [0.1, 0.15) is 0 Å². The molecule has 9 rings (SSSR count). The van der Waals surface area contributed by atoms with Crippen molar-refractivity contribution in [1.82, 2.24) is 0 Å². The van der Waals surface area contributed by atoms with Crippen molar-refractivity contribution in [3.8, 4) is 71.0 Å². The molecule has 2 heteroatoms. The van der Waals surface area contributed by atoms with Crippen LogP contribution in [0.1, 0.15) is 99.9 Å². The predicted molar refractivity (Wildman–Crippen MR) is 347 cm³/mol. The molecule has 0 saturated heterocycles. The Hall–Kier alpha value is -10.3. The molecule has 0 aromatic heterocycles. The number of benzene rings is 8. The highest BCUT2D eigenvalue weighted by molar-refractivity contribution is 5.93. The van der Waals surface area contributed by atoms with Crippen LogP contribution < -0.4 is 9.80 Å². The highest BCUT2D eigenvalue weighted by Crippen LogP contribution is 2.32. The van der Waals surface area contributed by atoms with E-state index in [4.69, 9.17) is 0 Å². The van der Waals surface area contributed by atoms with Crippen molar-refractivity contribution in [3.05, 3.63) is 303 Å². The van der Waals surface area contributed by atoms with Crippen LogP contribution in [0.15, 0.2) is 258 Å². The van der Waals surface area contributed by atoms with Gasteiger partial charge in [-0.25, -0.2) is 0 Å². The maximum Gasteiger partial charge on any atom is 0.0993 e. The highest BCUT2D eigenvalue weighted by Gasteiger charge is 2.18. The van der Waals surface area contributed by atoms with E-state index >= 15 is 0 Å². The lowest BCUT2D eigenvalue weighted by Gasteiger charge is -2.33. The molecule has 8 aromatic carbocycles. The first kappa shape index (κ1) is 56.4. The summed E-state index contributed by atoms with van der Waals surface area (Å²) in [5, 5.41) is 0. The molecule has 396 valence electrons. The summed E-state index contributed by atoms with van der Waals surface area (Å²) in [7, 11) is 0. The predicted octanol–water partition coefficient (Wildman–Crippen LogP) is 17.2. The van der Waals surface area contributed by atoms with Gasteiger partial charge in [0.25, 0.3) is 0 Å². The van der Waals surface area contributed by atoms with E-state index in [9.17, 15) is 0 Å². The molecule has 0 amide bonds. The molecule has 0 unspecified atom stereocenters. The minimum Gasteiger partial charge on any atom is -0.367 e. The summed E-state index contributed by atoms with van der Waals surface area (Å²) >= 11 is 0. The maximum atomic E-state index is 3.68. The van der Waals surface area contributed by atoms with Gasteiger partial charge in [0.05, 0.1) is 27.9 Å². The molecule has 2 nitrogen and oxygen atoms in total. The van der Waals surface area contributed by atoms with Gasteiger partial charge in [-0.05, 0) is 149 Å². The first-order chi connectivity index (χ1) is 40.0. The topological polar surface area (TPSA) is 6.48 Å². The zero-order valence-electron chi connectivity index (χ0n) is 48.1. The number of nitrogens with zero attached hydrogens (tertiary/aromatic N) is 2. The summed E-state index contributed by atoms with van der Waals surface area (Å²) in [5.41, 5.74) is 15.2. The molecule has 0 heterocycles. The van der Waals surface area contributed by atoms with E-state index in [0.717, 1.165) is 72.6 Å². The van der Waals surface area contributed by atoms with E-state index in [1.807, 2.05) is 84.9 Å². The van der Waals surface area contributed by atoms with Crippen molar-refractivity contribution < 1.29 is 0 Å². The quantitative estimate of drug-likeness (QED) is 0.113. The second-order valence-corrected chi connectivity index (χ2v) is 21.0. The molecule has 1 aliphatic carbocycles. The lowest BCUT2D eigenvalue weighted by atomic mass is 9.90. The molecule has 0 N–H and O–H groups in total. The van der Waals surface area contributed by atoms with Gasteiger partial charge in [0.15, 0.2) is 0 Å². The first-order valence-electron chi connectivity index (χ1n) is 28.2. The van der Waals surface area contributed by atoms with Crippen LogP contribution in [-0.4, -0.2) is 24.2 Å². The van der Waals surface area contributed by atoms with Crippen molar-refractivity contribution in [3.63, 3.8) is 0 Å². The number of allylic oxidation sites excluding steroid dienone is 5. The third-order valence-corrected chi connectivity index (χ3v) is 13.8. The summed E-state index contributed by atoms with van der Waals surface area (Å²) in [4.78, 5) is 4.81. The smallest absolute Gasteiger partial charge is 0.0993 e. The molecule has 0 atom stereocenters. The molecule has 0 spiro atoms. The zero-order valence-corrected chi connectivity index (χ0v) is 48.1. The van der Waals surface area contributed by atoms with E-state index < -0.39 is 0 Å². The second-order valence-electron chi connectivity index (χ2n) is 21.0. The third-order valence-electron chi connectivity index (χ3n) is 13.8. The minimum absolute atomic E-state index is 0.327. The Morgan fingerprint density at radius 1 is 0.268 bits per heavy atom. The van der Waals surface area contributed by atoms with Gasteiger partial charge in [-0.15, -0.1) is 0 Å². The van der Waals surface area contributed by atoms with Crippen LogP contribution in [0.5, 0.6) is 0 Å². The van der Waals surface area contributed by atoms with Crippen LogP contribution in [0.3, 0.4) is 0 Å². The third kappa shape index (κ3) is 14.3. The summed E-state index contributed by atoms with van der Waals surface area (Å²) in [6.45, 7) is 17.8. The molecule has 0 bridgehead atoms. The summed E-state index contributed by atoms with van der Waals surface area (Å²) in [6, 6.07) is 80.3. The SMILES string of the molecule is CC(C)N(c1ccc(C#CC(C#Cc2ccc(N(C(C)C)C(C)C)cc2)=C2C#CC(=C(c3ccccc3)c3ccccc3)C#CC(=C(c3ccccc3)c3ccccc3)C#CC(=C(c3ccccc3)c3ccccc3)C#C2)cc1)C(C)C. The van der Waals surface area contributed by atoms with Gasteiger partial charge in [-0.1, -0.05) is 241 Å². The highest BCUT2D eigenvalue weighted by atomic mass is 15.2. The van der Waals surface area contributed by atoms with E-state index in [1.165, 1.54) is 0 Å². The fourth-order valence-corrected chi connectivity index (χ4v) is 10.4. The Kier molecular flexibility index (Phi) is 18.9. The van der Waals surface area contributed by atoms with Gasteiger partial charge in [0, 0.05) is 63.4 Å². The van der Waals surface area contributed by atoms with E-state index in [2.05, 4.69) is 282 Å². The lowest BCUT2D eigenvalue weighted by molar-refractivity contribution is 0.608. The van der Waals surface area contributed by atoms with Gasteiger partial charge >= 0.3 is 0 Å². The fraction of sp³-hybridized carbons (Fsp3) is 0.150. The summed E-state index contributed by atoms with van der Waals surface area (Å²) in [6.07, 6.45) is 0. The standard InChI is InChI=1S/C80H66N2/c1-59(2)81(60(3)4)76-55-41-63(42-56-76)39-45-65(46-40-64-43-57-77(58-44-64)82(61(5)6)62(7)8)66-47-49-73(78(67-27-15-9-16-28-67)68-29-17-10-18-30-68)51-53-75(80(71-35-23-13-24-36-71)72-37-25-14-26-38-72)54-52-74(50-48-66)79(69-31-19-11-20-32-69)70-33-21-12-22-34-70/h9-38,41-44,55-62H,1-8H3.